The Morgan fingerprint density at radius 2 is 1.83 bits per heavy atom. The Bertz CT molecular complexity index is 659. The summed E-state index contributed by atoms with van der Waals surface area (Å²) in [6.45, 7) is 2.74. The second-order valence-electron chi connectivity index (χ2n) is 4.86. The number of anilines is 1. The van der Waals surface area contributed by atoms with Gasteiger partial charge in [0, 0.05) is 10.2 Å². The molecular formula is C17H19BrN2O3. The predicted octanol–water partition coefficient (Wildman–Crippen LogP) is 3.97. The molecule has 2 aromatic rings. The van der Waals surface area contributed by atoms with Crippen molar-refractivity contribution in [1.82, 2.24) is 5.32 Å². The second kappa shape index (κ2) is 8.43. The number of carbonyl (C=O) groups excluding carboxylic acids is 1. The normalized spacial score (nSPS) is 10.0. The lowest BCUT2D eigenvalue weighted by Gasteiger charge is -2.11. The van der Waals surface area contributed by atoms with Crippen LogP contribution >= 0.6 is 15.9 Å². The zero-order valence-corrected chi connectivity index (χ0v) is 14.6. The maximum Gasteiger partial charge on any atom is 0.319 e. The average Bonchev–Trinajstić information content (AvgIpc) is 2.55. The van der Waals surface area contributed by atoms with Gasteiger partial charge in [0.05, 0.1) is 13.7 Å². The number of hydrogen-bond donors (Lipinski definition) is 2. The molecule has 0 aromatic heterocycles. The summed E-state index contributed by atoms with van der Waals surface area (Å²) in [5.41, 5.74) is 1.77. The Kier molecular flexibility index (Phi) is 6.29. The summed E-state index contributed by atoms with van der Waals surface area (Å²) in [7, 11) is 1.62. The van der Waals surface area contributed by atoms with Gasteiger partial charge >= 0.3 is 6.03 Å². The molecule has 0 aliphatic rings. The average molecular weight is 379 g/mol. The Hall–Kier alpha value is -2.21. The van der Waals surface area contributed by atoms with Crippen LogP contribution < -0.4 is 20.1 Å². The van der Waals surface area contributed by atoms with E-state index in [1.807, 2.05) is 49.4 Å². The van der Waals surface area contributed by atoms with Crippen molar-refractivity contribution in [3.8, 4) is 11.5 Å². The van der Waals surface area contributed by atoms with Crippen LogP contribution in [0.4, 0.5) is 10.5 Å². The predicted molar refractivity (Wildman–Crippen MR) is 94.4 cm³/mol. The van der Waals surface area contributed by atoms with E-state index in [2.05, 4.69) is 26.6 Å². The van der Waals surface area contributed by atoms with Gasteiger partial charge in [0.25, 0.3) is 0 Å². The third kappa shape index (κ3) is 5.49. The minimum Gasteiger partial charge on any atom is -0.497 e. The molecular weight excluding hydrogens is 360 g/mol. The van der Waals surface area contributed by atoms with Crippen LogP contribution in [-0.4, -0.2) is 26.3 Å². The third-order valence-electron chi connectivity index (χ3n) is 3.15. The molecule has 0 saturated carbocycles. The minimum atomic E-state index is -0.256. The number of benzene rings is 2. The van der Waals surface area contributed by atoms with E-state index in [1.165, 1.54) is 0 Å². The number of methoxy groups -OCH3 is 1. The summed E-state index contributed by atoms with van der Waals surface area (Å²) in [5, 5.41) is 5.56. The highest BCUT2D eigenvalue weighted by molar-refractivity contribution is 9.10. The van der Waals surface area contributed by atoms with Crippen LogP contribution in [0.3, 0.4) is 0 Å². The van der Waals surface area contributed by atoms with E-state index in [4.69, 9.17) is 9.47 Å². The van der Waals surface area contributed by atoms with Gasteiger partial charge in [0.1, 0.15) is 18.1 Å². The highest BCUT2D eigenvalue weighted by atomic mass is 79.9. The molecule has 0 fully saturated rings. The van der Waals surface area contributed by atoms with Crippen LogP contribution in [0.25, 0.3) is 0 Å². The SMILES string of the molecule is COc1ccc(OCCNC(=O)Nc2ccc(Br)cc2C)cc1. The van der Waals surface area contributed by atoms with Crippen LogP contribution in [0.5, 0.6) is 11.5 Å². The number of nitrogens with one attached hydrogen (secondary N) is 2. The Morgan fingerprint density at radius 3 is 2.48 bits per heavy atom. The monoisotopic (exact) mass is 378 g/mol. The maximum absolute atomic E-state index is 11.8. The van der Waals surface area contributed by atoms with Gasteiger partial charge in [0.2, 0.25) is 0 Å². The molecule has 23 heavy (non-hydrogen) atoms. The molecule has 6 heteroatoms. The van der Waals surface area contributed by atoms with Crippen molar-refractivity contribution in [2.24, 2.45) is 0 Å². The van der Waals surface area contributed by atoms with Crippen molar-refractivity contribution in [3.05, 3.63) is 52.5 Å². The van der Waals surface area contributed by atoms with Gasteiger partial charge in [-0.25, -0.2) is 4.79 Å². The van der Waals surface area contributed by atoms with Crippen molar-refractivity contribution >= 4 is 27.6 Å². The number of rotatable bonds is 6. The second-order valence-corrected chi connectivity index (χ2v) is 5.78. The molecule has 0 unspecified atom stereocenters. The van der Waals surface area contributed by atoms with Gasteiger partial charge in [-0.3, -0.25) is 0 Å². The van der Waals surface area contributed by atoms with Gasteiger partial charge in [-0.15, -0.1) is 0 Å². The quantitative estimate of drug-likeness (QED) is 0.747. The van der Waals surface area contributed by atoms with Crippen molar-refractivity contribution in [1.29, 1.82) is 0 Å². The lowest BCUT2D eigenvalue weighted by molar-refractivity contribution is 0.247. The zero-order chi connectivity index (χ0) is 16.7. The molecule has 2 rings (SSSR count). The topological polar surface area (TPSA) is 59.6 Å². The Labute approximate surface area is 144 Å². The molecule has 2 N–H and O–H groups in total. The van der Waals surface area contributed by atoms with E-state index >= 15 is 0 Å². The van der Waals surface area contributed by atoms with Crippen LogP contribution in [-0.2, 0) is 0 Å². The van der Waals surface area contributed by atoms with Gasteiger partial charge in [-0.1, -0.05) is 15.9 Å². The number of ether oxygens (including phenoxy) is 2. The zero-order valence-electron chi connectivity index (χ0n) is 13.1. The maximum atomic E-state index is 11.8. The molecule has 0 bridgehead atoms. The number of hydrogen-bond acceptors (Lipinski definition) is 3. The number of halogens is 1. The first-order chi connectivity index (χ1) is 11.1. The first kappa shape index (κ1) is 17.1. The van der Waals surface area contributed by atoms with E-state index in [0.717, 1.165) is 27.2 Å². The standard InChI is InChI=1S/C17H19BrN2O3/c1-12-11-13(18)3-8-16(12)20-17(21)19-9-10-23-15-6-4-14(22-2)5-7-15/h3-8,11H,9-10H2,1-2H3,(H2,19,20,21). The summed E-state index contributed by atoms with van der Waals surface area (Å²) < 4.78 is 11.6. The number of aryl methyl sites for hydroxylation is 1. The molecule has 2 amide bonds. The fourth-order valence-corrected chi connectivity index (χ4v) is 2.41. The van der Waals surface area contributed by atoms with Crippen molar-refractivity contribution in [2.45, 2.75) is 6.92 Å². The van der Waals surface area contributed by atoms with E-state index in [9.17, 15) is 4.79 Å². The lowest BCUT2D eigenvalue weighted by atomic mass is 10.2. The summed E-state index contributed by atoms with van der Waals surface area (Å²) in [4.78, 5) is 11.8. The van der Waals surface area contributed by atoms with Crippen molar-refractivity contribution in [2.75, 3.05) is 25.6 Å². The molecule has 0 saturated heterocycles. The molecule has 0 aliphatic carbocycles. The molecule has 0 aliphatic heterocycles. The van der Waals surface area contributed by atoms with Crippen LogP contribution in [0.2, 0.25) is 0 Å². The Balaban J connectivity index is 1.72. The van der Waals surface area contributed by atoms with Gasteiger partial charge in [-0.2, -0.15) is 0 Å². The molecule has 2 aromatic carbocycles. The van der Waals surface area contributed by atoms with Gasteiger partial charge in [0.15, 0.2) is 0 Å². The lowest BCUT2D eigenvalue weighted by Crippen LogP contribution is -2.32. The van der Waals surface area contributed by atoms with Crippen LogP contribution in [0.1, 0.15) is 5.56 Å². The number of amides is 2. The largest absolute Gasteiger partial charge is 0.497 e. The summed E-state index contributed by atoms with van der Waals surface area (Å²) >= 11 is 3.39. The molecule has 0 atom stereocenters. The third-order valence-corrected chi connectivity index (χ3v) is 3.65. The number of carbonyl (C=O) groups is 1. The molecule has 122 valence electrons. The van der Waals surface area contributed by atoms with Crippen LogP contribution in [0, 0.1) is 6.92 Å². The number of urea groups is 1. The Morgan fingerprint density at radius 1 is 1.13 bits per heavy atom. The van der Waals surface area contributed by atoms with E-state index in [-0.39, 0.29) is 6.03 Å². The van der Waals surface area contributed by atoms with E-state index < -0.39 is 0 Å². The summed E-state index contributed by atoms with van der Waals surface area (Å²) in [6.07, 6.45) is 0. The highest BCUT2D eigenvalue weighted by Gasteiger charge is 2.04. The molecule has 0 radical (unpaired) electrons. The first-order valence-electron chi connectivity index (χ1n) is 7.16. The van der Waals surface area contributed by atoms with Crippen molar-refractivity contribution < 1.29 is 14.3 Å². The summed E-state index contributed by atoms with van der Waals surface area (Å²) in [6, 6.07) is 12.7. The molecule has 0 spiro atoms. The first-order valence-corrected chi connectivity index (χ1v) is 7.95. The molecule has 0 heterocycles. The van der Waals surface area contributed by atoms with E-state index in [0.29, 0.717) is 13.2 Å². The smallest absolute Gasteiger partial charge is 0.319 e. The van der Waals surface area contributed by atoms with Gasteiger partial charge in [-0.05, 0) is 55.0 Å². The fourth-order valence-electron chi connectivity index (χ4n) is 1.94. The highest BCUT2D eigenvalue weighted by Crippen LogP contribution is 2.20. The van der Waals surface area contributed by atoms with E-state index in [1.54, 1.807) is 7.11 Å². The van der Waals surface area contributed by atoms with Gasteiger partial charge < -0.3 is 20.1 Å². The fraction of sp³-hybridized carbons (Fsp3) is 0.235. The van der Waals surface area contributed by atoms with Crippen LogP contribution in [0.15, 0.2) is 46.9 Å². The summed E-state index contributed by atoms with van der Waals surface area (Å²) in [5.74, 6) is 1.51. The van der Waals surface area contributed by atoms with Crippen molar-refractivity contribution in [3.63, 3.8) is 0 Å². The molecule has 5 nitrogen and oxygen atoms in total. The minimum absolute atomic E-state index is 0.256.